The summed E-state index contributed by atoms with van der Waals surface area (Å²) in [4.78, 5) is 39.7. The molecule has 0 aliphatic carbocycles. The fraction of sp³-hybridized carbons (Fsp3) is 0.120. The number of amides is 1. The quantitative estimate of drug-likeness (QED) is 0.268. The first kappa shape index (κ1) is 21.2. The number of hydrogen-bond acceptors (Lipinski definition) is 7. The van der Waals surface area contributed by atoms with Gasteiger partial charge in [-0.1, -0.05) is 24.3 Å². The van der Waals surface area contributed by atoms with E-state index in [1.165, 1.54) is 19.1 Å². The van der Waals surface area contributed by atoms with E-state index in [1.807, 2.05) is 18.2 Å². The number of nitrogens with one attached hydrogen (secondary N) is 1. The summed E-state index contributed by atoms with van der Waals surface area (Å²) in [6.07, 6.45) is 3.12. The first-order valence-electron chi connectivity index (χ1n) is 10.4. The lowest BCUT2D eigenvalue weighted by Crippen LogP contribution is -2.30. The topological polar surface area (TPSA) is 118 Å². The van der Waals surface area contributed by atoms with Crippen LogP contribution in [-0.2, 0) is 9.59 Å². The zero-order valence-electron chi connectivity index (χ0n) is 18.4. The Kier molecular flexibility index (Phi) is 5.21. The molecule has 2 N–H and O–H groups in total. The average molecular weight is 456 g/mol. The van der Waals surface area contributed by atoms with Crippen molar-refractivity contribution in [3.05, 3.63) is 83.7 Å². The number of pyridine rings is 1. The number of carbonyl (C=O) groups excluding carboxylic acids is 2. The van der Waals surface area contributed by atoms with Gasteiger partial charge < -0.3 is 19.6 Å². The number of ketones is 1. The molecule has 4 aromatic rings. The van der Waals surface area contributed by atoms with Crippen molar-refractivity contribution in [2.45, 2.75) is 6.04 Å². The third-order valence-electron chi connectivity index (χ3n) is 5.71. The molecule has 9 nitrogen and oxygen atoms in total. The van der Waals surface area contributed by atoms with E-state index in [0.717, 1.165) is 0 Å². The van der Waals surface area contributed by atoms with Crippen molar-refractivity contribution in [3.8, 4) is 11.5 Å². The summed E-state index contributed by atoms with van der Waals surface area (Å²) < 4.78 is 10.8. The minimum absolute atomic E-state index is 0.124. The number of carbonyl (C=O) groups is 2. The first-order chi connectivity index (χ1) is 16.5. The van der Waals surface area contributed by atoms with E-state index >= 15 is 0 Å². The van der Waals surface area contributed by atoms with Gasteiger partial charge in [0.25, 0.3) is 5.78 Å². The molecule has 0 saturated carbocycles. The van der Waals surface area contributed by atoms with Gasteiger partial charge in [0, 0.05) is 12.4 Å². The normalized spacial score (nSPS) is 17.4. The first-order valence-corrected chi connectivity index (χ1v) is 10.4. The molecule has 5 rings (SSSR count). The maximum absolute atomic E-state index is 13.3. The lowest BCUT2D eigenvalue weighted by molar-refractivity contribution is -0.132. The van der Waals surface area contributed by atoms with Crippen LogP contribution < -0.4 is 14.4 Å². The second kappa shape index (κ2) is 8.36. The summed E-state index contributed by atoms with van der Waals surface area (Å²) in [6.45, 7) is 0. The highest BCUT2D eigenvalue weighted by Crippen LogP contribution is 2.44. The maximum atomic E-state index is 13.3. The Hall–Kier alpha value is -4.66. The number of benzene rings is 2. The summed E-state index contributed by atoms with van der Waals surface area (Å²) >= 11 is 0. The van der Waals surface area contributed by atoms with Crippen LogP contribution in [0, 0.1) is 0 Å². The van der Waals surface area contributed by atoms with Crippen molar-refractivity contribution in [3.63, 3.8) is 0 Å². The number of hydrogen-bond donors (Lipinski definition) is 2. The van der Waals surface area contributed by atoms with Gasteiger partial charge in [-0.3, -0.25) is 19.5 Å². The predicted molar refractivity (Wildman–Crippen MR) is 125 cm³/mol. The van der Waals surface area contributed by atoms with Gasteiger partial charge in [-0.25, -0.2) is 4.98 Å². The van der Waals surface area contributed by atoms with Crippen molar-refractivity contribution >= 4 is 34.4 Å². The second-order valence-electron chi connectivity index (χ2n) is 7.57. The number of H-pyrrole nitrogens is 1. The zero-order valence-corrected chi connectivity index (χ0v) is 18.4. The Bertz CT molecular complexity index is 1390. The van der Waals surface area contributed by atoms with Crippen LogP contribution in [-0.4, -0.2) is 46.0 Å². The highest BCUT2D eigenvalue weighted by molar-refractivity contribution is 6.51. The molecule has 1 amide bonds. The van der Waals surface area contributed by atoms with Gasteiger partial charge in [0.2, 0.25) is 5.95 Å². The van der Waals surface area contributed by atoms with Gasteiger partial charge >= 0.3 is 5.91 Å². The Morgan fingerprint density at radius 1 is 1.00 bits per heavy atom. The van der Waals surface area contributed by atoms with Crippen molar-refractivity contribution in [1.29, 1.82) is 0 Å². The highest BCUT2D eigenvalue weighted by Gasteiger charge is 2.48. The van der Waals surface area contributed by atoms with Gasteiger partial charge in [0.1, 0.15) is 22.8 Å². The van der Waals surface area contributed by atoms with Crippen LogP contribution in [0.5, 0.6) is 11.5 Å². The standard InChI is InChI=1S/C25H20N4O5/c1-33-17-10-5-11-18(34-2)19(17)22(30)20-21(14-7-6-12-26-13-14)29(24(32)23(20)31)25-27-15-8-3-4-9-16(15)28-25/h3-13,21,30H,1-2H3,(H,27,28)/b22-20+. The molecule has 1 aliphatic rings. The number of imidazole rings is 1. The lowest BCUT2D eigenvalue weighted by Gasteiger charge is -2.23. The van der Waals surface area contributed by atoms with Gasteiger partial charge in [-0.2, -0.15) is 0 Å². The molecule has 170 valence electrons. The molecule has 9 heteroatoms. The summed E-state index contributed by atoms with van der Waals surface area (Å²) in [5.74, 6) is -1.35. The smallest absolute Gasteiger partial charge is 0.302 e. The number of aliphatic hydroxyl groups excluding tert-OH is 1. The van der Waals surface area contributed by atoms with Crippen molar-refractivity contribution < 1.29 is 24.2 Å². The molecule has 1 aliphatic heterocycles. The molecule has 1 saturated heterocycles. The fourth-order valence-corrected chi connectivity index (χ4v) is 4.18. The van der Waals surface area contributed by atoms with E-state index in [4.69, 9.17) is 9.47 Å². The number of ether oxygens (including phenoxy) is 2. The molecule has 0 spiro atoms. The third kappa shape index (κ3) is 3.25. The Morgan fingerprint density at radius 2 is 1.74 bits per heavy atom. The Balaban J connectivity index is 1.77. The summed E-state index contributed by atoms with van der Waals surface area (Å²) in [5, 5.41) is 11.4. The summed E-state index contributed by atoms with van der Waals surface area (Å²) in [5.41, 5.74) is 1.91. The van der Waals surface area contributed by atoms with Crippen LogP contribution in [0.4, 0.5) is 5.95 Å². The van der Waals surface area contributed by atoms with Gasteiger partial charge in [0.15, 0.2) is 0 Å². The Morgan fingerprint density at radius 3 is 2.38 bits per heavy atom. The number of aromatic amines is 1. The minimum atomic E-state index is -0.983. The molecule has 2 aromatic heterocycles. The molecule has 3 heterocycles. The number of Topliss-reactive ketones (excluding diaryl/α,β-unsaturated/α-hetero) is 1. The lowest BCUT2D eigenvalue weighted by atomic mass is 9.95. The zero-order chi connectivity index (χ0) is 23.8. The number of anilines is 1. The van der Waals surface area contributed by atoms with E-state index < -0.39 is 23.5 Å². The number of para-hydroxylation sites is 2. The molecule has 2 aromatic carbocycles. The van der Waals surface area contributed by atoms with Crippen LogP contribution in [0.1, 0.15) is 17.2 Å². The van der Waals surface area contributed by atoms with E-state index in [1.54, 1.807) is 48.8 Å². The minimum Gasteiger partial charge on any atom is -0.506 e. The van der Waals surface area contributed by atoms with Crippen molar-refractivity contribution in [2.24, 2.45) is 0 Å². The predicted octanol–water partition coefficient (Wildman–Crippen LogP) is 3.60. The molecule has 0 radical (unpaired) electrons. The maximum Gasteiger partial charge on any atom is 0.302 e. The third-order valence-corrected chi connectivity index (χ3v) is 5.71. The monoisotopic (exact) mass is 456 g/mol. The van der Waals surface area contributed by atoms with E-state index in [-0.39, 0.29) is 28.6 Å². The van der Waals surface area contributed by atoms with Crippen LogP contribution in [0.15, 0.2) is 72.6 Å². The second-order valence-corrected chi connectivity index (χ2v) is 7.57. The number of methoxy groups -OCH3 is 2. The fourth-order valence-electron chi connectivity index (χ4n) is 4.18. The van der Waals surface area contributed by atoms with E-state index in [0.29, 0.717) is 16.6 Å². The molecular formula is C25H20N4O5. The number of aliphatic hydroxyl groups is 1. The van der Waals surface area contributed by atoms with Gasteiger partial charge in [0.05, 0.1) is 36.9 Å². The van der Waals surface area contributed by atoms with Gasteiger partial charge in [-0.15, -0.1) is 0 Å². The van der Waals surface area contributed by atoms with Crippen LogP contribution in [0.2, 0.25) is 0 Å². The van der Waals surface area contributed by atoms with Gasteiger partial charge in [-0.05, 0) is 35.9 Å². The largest absolute Gasteiger partial charge is 0.506 e. The van der Waals surface area contributed by atoms with Crippen molar-refractivity contribution in [2.75, 3.05) is 19.1 Å². The Labute approximate surface area is 194 Å². The SMILES string of the molecule is COc1cccc(OC)c1/C(O)=C1\C(=O)C(=O)N(c2nc3ccccc3[nH]2)C1c1cccnc1. The molecule has 1 fully saturated rings. The molecule has 1 atom stereocenters. The highest BCUT2D eigenvalue weighted by atomic mass is 16.5. The number of fused-ring (bicyclic) bond motifs is 1. The van der Waals surface area contributed by atoms with Crippen LogP contribution in [0.3, 0.4) is 0 Å². The van der Waals surface area contributed by atoms with Crippen LogP contribution >= 0.6 is 0 Å². The summed E-state index contributed by atoms with van der Waals surface area (Å²) in [7, 11) is 2.88. The summed E-state index contributed by atoms with van der Waals surface area (Å²) in [6, 6.07) is 14.7. The van der Waals surface area contributed by atoms with E-state index in [9.17, 15) is 14.7 Å². The van der Waals surface area contributed by atoms with Crippen molar-refractivity contribution in [1.82, 2.24) is 15.0 Å². The molecule has 0 bridgehead atoms. The molecule has 34 heavy (non-hydrogen) atoms. The number of aromatic nitrogens is 3. The number of rotatable bonds is 5. The van der Waals surface area contributed by atoms with Crippen LogP contribution in [0.25, 0.3) is 16.8 Å². The number of nitrogens with zero attached hydrogens (tertiary/aromatic N) is 3. The van der Waals surface area contributed by atoms with E-state index in [2.05, 4.69) is 15.0 Å². The average Bonchev–Trinajstić information content (AvgIpc) is 3.42. The molecular weight excluding hydrogens is 436 g/mol. The molecule has 1 unspecified atom stereocenters.